The van der Waals surface area contributed by atoms with Gasteiger partial charge in [0.1, 0.15) is 0 Å². The van der Waals surface area contributed by atoms with Crippen molar-refractivity contribution in [2.75, 3.05) is 13.1 Å². The molecule has 0 radical (unpaired) electrons. The zero-order valence-electron chi connectivity index (χ0n) is 17.6. The van der Waals surface area contributed by atoms with Crippen LogP contribution in [0.4, 0.5) is 4.79 Å². The standard InChI is InChI=1S/C22H31N5O2/c1-16(14-27-18(3)11-17(2)25-27)12-23-22(29)24-13-19-6-8-20(9-7-19)15-26-10-4-5-21(26)28/h6-9,11,16H,4-5,10,12-15H2,1-3H3,(H2,23,24,29). The maximum atomic E-state index is 12.1. The Bertz CT molecular complexity index is 843. The number of hydrogen-bond acceptors (Lipinski definition) is 3. The van der Waals surface area contributed by atoms with E-state index < -0.39 is 0 Å². The molecule has 0 aliphatic carbocycles. The molecular formula is C22H31N5O2. The van der Waals surface area contributed by atoms with Crippen LogP contribution < -0.4 is 10.6 Å². The molecule has 1 atom stereocenters. The molecule has 1 aromatic carbocycles. The van der Waals surface area contributed by atoms with Crippen LogP contribution in [0.15, 0.2) is 30.3 Å². The van der Waals surface area contributed by atoms with E-state index in [0.29, 0.717) is 26.1 Å². The van der Waals surface area contributed by atoms with Crippen LogP contribution in [0, 0.1) is 19.8 Å². The summed E-state index contributed by atoms with van der Waals surface area (Å²) in [6.07, 6.45) is 1.62. The molecule has 7 nitrogen and oxygen atoms in total. The second-order valence-corrected chi connectivity index (χ2v) is 8.01. The summed E-state index contributed by atoms with van der Waals surface area (Å²) in [5.41, 5.74) is 4.30. The zero-order chi connectivity index (χ0) is 20.8. The van der Waals surface area contributed by atoms with Gasteiger partial charge in [-0.2, -0.15) is 5.10 Å². The van der Waals surface area contributed by atoms with E-state index in [2.05, 4.69) is 28.7 Å². The molecule has 0 saturated carbocycles. The van der Waals surface area contributed by atoms with Crippen molar-refractivity contribution in [1.29, 1.82) is 0 Å². The van der Waals surface area contributed by atoms with Gasteiger partial charge in [-0.05, 0) is 43.4 Å². The van der Waals surface area contributed by atoms with Gasteiger partial charge in [0.2, 0.25) is 5.91 Å². The van der Waals surface area contributed by atoms with E-state index in [1.165, 1.54) is 0 Å². The first-order valence-electron chi connectivity index (χ1n) is 10.3. The molecule has 1 aliphatic rings. The number of aromatic nitrogens is 2. The molecule has 1 aliphatic heterocycles. The van der Waals surface area contributed by atoms with Crippen molar-refractivity contribution in [2.45, 2.75) is 53.2 Å². The van der Waals surface area contributed by atoms with Crippen molar-refractivity contribution in [1.82, 2.24) is 25.3 Å². The third-order valence-electron chi connectivity index (χ3n) is 5.22. The number of aryl methyl sites for hydroxylation is 2. The Kier molecular flexibility index (Phi) is 6.90. The van der Waals surface area contributed by atoms with Crippen molar-refractivity contribution < 1.29 is 9.59 Å². The predicted octanol–water partition coefficient (Wildman–Crippen LogP) is 2.76. The molecule has 2 N–H and O–H groups in total. The number of likely N-dealkylation sites (tertiary alicyclic amines) is 1. The maximum Gasteiger partial charge on any atom is 0.315 e. The molecule has 1 aromatic heterocycles. The fraction of sp³-hybridized carbons (Fsp3) is 0.500. The second-order valence-electron chi connectivity index (χ2n) is 8.01. The number of hydrogen-bond donors (Lipinski definition) is 2. The van der Waals surface area contributed by atoms with Gasteiger partial charge in [-0.15, -0.1) is 0 Å². The Morgan fingerprint density at radius 3 is 2.52 bits per heavy atom. The number of nitrogens with zero attached hydrogens (tertiary/aromatic N) is 3. The summed E-state index contributed by atoms with van der Waals surface area (Å²) in [6, 6.07) is 9.94. The third-order valence-corrected chi connectivity index (χ3v) is 5.22. The van der Waals surface area contributed by atoms with E-state index >= 15 is 0 Å². The van der Waals surface area contributed by atoms with E-state index in [0.717, 1.165) is 42.0 Å². The van der Waals surface area contributed by atoms with Crippen LogP contribution in [-0.4, -0.2) is 39.7 Å². The summed E-state index contributed by atoms with van der Waals surface area (Å²) in [5.74, 6) is 0.519. The highest BCUT2D eigenvalue weighted by Crippen LogP contribution is 2.14. The van der Waals surface area contributed by atoms with E-state index in [9.17, 15) is 9.59 Å². The monoisotopic (exact) mass is 397 g/mol. The number of benzene rings is 1. The van der Waals surface area contributed by atoms with E-state index in [1.54, 1.807) is 0 Å². The molecule has 2 aromatic rings. The molecule has 7 heteroatoms. The molecule has 2 heterocycles. The van der Waals surface area contributed by atoms with Crippen LogP contribution in [0.5, 0.6) is 0 Å². The number of nitrogens with one attached hydrogen (secondary N) is 2. The first-order valence-corrected chi connectivity index (χ1v) is 10.3. The maximum absolute atomic E-state index is 12.1. The second kappa shape index (κ2) is 9.58. The number of urea groups is 1. The Morgan fingerprint density at radius 2 is 1.90 bits per heavy atom. The Labute approximate surface area is 172 Å². The van der Waals surface area contributed by atoms with Gasteiger partial charge in [-0.25, -0.2) is 4.79 Å². The summed E-state index contributed by atoms with van der Waals surface area (Å²) in [6.45, 7) is 9.48. The highest BCUT2D eigenvalue weighted by Gasteiger charge is 2.19. The molecule has 1 unspecified atom stereocenters. The number of amides is 3. The van der Waals surface area contributed by atoms with Gasteiger partial charge in [-0.1, -0.05) is 31.2 Å². The van der Waals surface area contributed by atoms with E-state index in [-0.39, 0.29) is 17.9 Å². The van der Waals surface area contributed by atoms with Gasteiger partial charge in [-0.3, -0.25) is 9.48 Å². The van der Waals surface area contributed by atoms with Crippen molar-refractivity contribution in [2.24, 2.45) is 5.92 Å². The lowest BCUT2D eigenvalue weighted by Crippen LogP contribution is -2.38. The van der Waals surface area contributed by atoms with Crippen LogP contribution in [0.25, 0.3) is 0 Å². The van der Waals surface area contributed by atoms with Gasteiger partial charge < -0.3 is 15.5 Å². The Hall–Kier alpha value is -2.83. The average Bonchev–Trinajstić information content (AvgIpc) is 3.23. The first-order chi connectivity index (χ1) is 13.9. The van der Waals surface area contributed by atoms with E-state index in [4.69, 9.17) is 0 Å². The summed E-state index contributed by atoms with van der Waals surface area (Å²) in [4.78, 5) is 25.7. The van der Waals surface area contributed by atoms with Crippen molar-refractivity contribution >= 4 is 11.9 Å². The normalized spacial score (nSPS) is 14.9. The SMILES string of the molecule is Cc1cc(C)n(CC(C)CNC(=O)NCc2ccc(CN3CCCC3=O)cc2)n1. The fourth-order valence-electron chi connectivity index (χ4n) is 3.59. The molecule has 3 amide bonds. The lowest BCUT2D eigenvalue weighted by molar-refractivity contribution is -0.128. The summed E-state index contributed by atoms with van der Waals surface area (Å²) < 4.78 is 1.98. The minimum atomic E-state index is -0.169. The van der Waals surface area contributed by atoms with Gasteiger partial charge in [0.05, 0.1) is 5.69 Å². The molecule has 0 bridgehead atoms. The largest absolute Gasteiger partial charge is 0.338 e. The summed E-state index contributed by atoms with van der Waals surface area (Å²) in [5, 5.41) is 10.3. The molecular weight excluding hydrogens is 366 g/mol. The highest BCUT2D eigenvalue weighted by molar-refractivity contribution is 5.78. The molecule has 3 rings (SSSR count). The molecule has 0 spiro atoms. The van der Waals surface area contributed by atoms with Gasteiger partial charge in [0.15, 0.2) is 0 Å². The third kappa shape index (κ3) is 6.07. The zero-order valence-corrected chi connectivity index (χ0v) is 17.6. The summed E-state index contributed by atoms with van der Waals surface area (Å²) >= 11 is 0. The number of carbonyl (C=O) groups is 2. The van der Waals surface area contributed by atoms with Crippen molar-refractivity contribution in [3.8, 4) is 0 Å². The lowest BCUT2D eigenvalue weighted by atomic mass is 10.1. The minimum absolute atomic E-state index is 0.169. The predicted molar refractivity (Wildman–Crippen MR) is 112 cm³/mol. The van der Waals surface area contributed by atoms with Crippen LogP contribution in [0.2, 0.25) is 0 Å². The van der Waals surface area contributed by atoms with Crippen molar-refractivity contribution in [3.05, 3.63) is 52.8 Å². The average molecular weight is 398 g/mol. The highest BCUT2D eigenvalue weighted by atomic mass is 16.2. The minimum Gasteiger partial charge on any atom is -0.338 e. The van der Waals surface area contributed by atoms with Gasteiger partial charge in [0.25, 0.3) is 0 Å². The summed E-state index contributed by atoms with van der Waals surface area (Å²) in [7, 11) is 0. The fourth-order valence-corrected chi connectivity index (χ4v) is 3.59. The molecule has 156 valence electrons. The van der Waals surface area contributed by atoms with Crippen molar-refractivity contribution in [3.63, 3.8) is 0 Å². The lowest BCUT2D eigenvalue weighted by Gasteiger charge is -2.16. The number of rotatable bonds is 8. The quantitative estimate of drug-likeness (QED) is 0.719. The van der Waals surface area contributed by atoms with Crippen LogP contribution >= 0.6 is 0 Å². The Morgan fingerprint density at radius 1 is 1.17 bits per heavy atom. The van der Waals surface area contributed by atoms with Gasteiger partial charge >= 0.3 is 6.03 Å². The molecule has 1 fully saturated rings. The smallest absolute Gasteiger partial charge is 0.315 e. The Balaban J connectivity index is 1.37. The van der Waals surface area contributed by atoms with Crippen LogP contribution in [0.1, 0.15) is 42.3 Å². The van der Waals surface area contributed by atoms with Gasteiger partial charge in [0, 0.05) is 44.8 Å². The first kappa shape index (κ1) is 20.9. The van der Waals surface area contributed by atoms with Crippen LogP contribution in [0.3, 0.4) is 0 Å². The molecule has 29 heavy (non-hydrogen) atoms. The number of carbonyl (C=O) groups excluding carboxylic acids is 2. The van der Waals surface area contributed by atoms with E-state index in [1.807, 2.05) is 47.7 Å². The van der Waals surface area contributed by atoms with Crippen LogP contribution in [-0.2, 0) is 24.4 Å². The molecule has 1 saturated heterocycles. The topological polar surface area (TPSA) is 79.3 Å².